The van der Waals surface area contributed by atoms with E-state index >= 15 is 0 Å². The second-order valence-electron chi connectivity index (χ2n) is 4.57. The molecule has 21 heavy (non-hydrogen) atoms. The van der Waals surface area contributed by atoms with Crippen LogP contribution in [0.3, 0.4) is 0 Å². The van der Waals surface area contributed by atoms with Crippen molar-refractivity contribution in [2.45, 2.75) is 12.5 Å². The van der Waals surface area contributed by atoms with Crippen molar-refractivity contribution in [3.05, 3.63) is 21.6 Å². The third-order valence-electron chi connectivity index (χ3n) is 3.24. The molecule has 1 atom stereocenters. The largest absolute Gasteiger partial charge is 0.467 e. The summed E-state index contributed by atoms with van der Waals surface area (Å²) in [6, 6.07) is 0. The first-order valence-electron chi connectivity index (χ1n) is 6.01. The number of carbonyl (C=O) groups is 1. The first kappa shape index (κ1) is 15.4. The van der Waals surface area contributed by atoms with Gasteiger partial charge in [0.1, 0.15) is 6.20 Å². The second-order valence-corrected chi connectivity index (χ2v) is 4.91. The molecule has 1 aromatic rings. The number of carbonyl (C=O) groups excluding carboxylic acids is 1. The average Bonchev–Trinajstić information content (AvgIpc) is 2.46. The summed E-state index contributed by atoms with van der Waals surface area (Å²) in [5.74, 6) is -0.609. The topological polar surface area (TPSA) is 108 Å². The zero-order valence-electron chi connectivity index (χ0n) is 11.4. The summed E-state index contributed by atoms with van der Waals surface area (Å²) in [5, 5.41) is 11.0. The summed E-state index contributed by atoms with van der Waals surface area (Å²) < 4.78 is 10.1. The van der Waals surface area contributed by atoms with Crippen molar-refractivity contribution in [2.75, 3.05) is 31.8 Å². The lowest BCUT2D eigenvalue weighted by molar-refractivity contribution is -0.384. The Balaban J connectivity index is 2.54. The molecule has 0 radical (unpaired) electrons. The van der Waals surface area contributed by atoms with E-state index in [0.29, 0.717) is 6.61 Å². The van der Waals surface area contributed by atoms with Gasteiger partial charge in [0.2, 0.25) is 11.1 Å². The highest BCUT2D eigenvalue weighted by atomic mass is 35.5. The fourth-order valence-electron chi connectivity index (χ4n) is 2.15. The van der Waals surface area contributed by atoms with E-state index in [9.17, 15) is 14.9 Å². The van der Waals surface area contributed by atoms with Gasteiger partial charge in [-0.15, -0.1) is 0 Å². The highest BCUT2D eigenvalue weighted by Crippen LogP contribution is 2.33. The predicted octanol–water partition coefficient (Wildman–Crippen LogP) is 0.806. The van der Waals surface area contributed by atoms with E-state index in [0.717, 1.165) is 6.20 Å². The van der Waals surface area contributed by atoms with Crippen LogP contribution in [0, 0.1) is 10.1 Å². The molecule has 1 aromatic heterocycles. The maximum absolute atomic E-state index is 12.0. The number of hydrogen-bond donors (Lipinski definition) is 0. The van der Waals surface area contributed by atoms with Gasteiger partial charge in [0.25, 0.3) is 0 Å². The van der Waals surface area contributed by atoms with Gasteiger partial charge in [0.15, 0.2) is 5.54 Å². The summed E-state index contributed by atoms with van der Waals surface area (Å²) in [6.07, 6.45) is 1.01. The van der Waals surface area contributed by atoms with Crippen molar-refractivity contribution in [3.8, 4) is 0 Å². The van der Waals surface area contributed by atoms with Crippen molar-refractivity contribution in [1.29, 1.82) is 0 Å². The molecule has 1 fully saturated rings. The van der Waals surface area contributed by atoms with E-state index in [4.69, 9.17) is 21.1 Å². The first-order chi connectivity index (χ1) is 9.90. The van der Waals surface area contributed by atoms with Gasteiger partial charge in [0.05, 0.1) is 25.2 Å². The van der Waals surface area contributed by atoms with E-state index < -0.39 is 16.4 Å². The molecule has 1 aliphatic rings. The minimum atomic E-state index is -1.23. The molecule has 114 valence electrons. The quantitative estimate of drug-likeness (QED) is 0.349. The third-order valence-corrected chi connectivity index (χ3v) is 3.42. The Labute approximate surface area is 125 Å². The SMILES string of the molecule is COC(=O)[C@]1(C)COCCN1c1nc(Cl)ncc1[N+](=O)[O-]. The van der Waals surface area contributed by atoms with E-state index in [1.165, 1.54) is 12.0 Å². The van der Waals surface area contributed by atoms with Gasteiger partial charge in [-0.2, -0.15) is 4.98 Å². The molecule has 0 unspecified atom stereocenters. The van der Waals surface area contributed by atoms with E-state index in [-0.39, 0.29) is 29.9 Å². The van der Waals surface area contributed by atoms with Gasteiger partial charge < -0.3 is 14.4 Å². The van der Waals surface area contributed by atoms with Crippen molar-refractivity contribution in [2.24, 2.45) is 0 Å². The number of morpholine rings is 1. The molecule has 2 rings (SSSR count). The van der Waals surface area contributed by atoms with Crippen LogP contribution in [0.25, 0.3) is 0 Å². The number of anilines is 1. The highest BCUT2D eigenvalue weighted by Gasteiger charge is 2.46. The standard InChI is InChI=1S/C11H13ClN4O5/c1-11(9(17)20-2)6-21-4-3-15(11)8-7(16(18)19)5-13-10(12)14-8/h5H,3-4,6H2,1-2H3/t11-/m0/s1. The van der Waals surface area contributed by atoms with Crippen LogP contribution in [0.4, 0.5) is 11.5 Å². The molecule has 0 aliphatic carbocycles. The van der Waals surface area contributed by atoms with Crippen LogP contribution in [0.15, 0.2) is 6.20 Å². The van der Waals surface area contributed by atoms with Crippen LogP contribution in [0.1, 0.15) is 6.92 Å². The van der Waals surface area contributed by atoms with Gasteiger partial charge in [0, 0.05) is 6.54 Å². The number of rotatable bonds is 3. The van der Waals surface area contributed by atoms with Crippen LogP contribution >= 0.6 is 11.6 Å². The maximum atomic E-state index is 12.0. The van der Waals surface area contributed by atoms with Crippen molar-refractivity contribution >= 4 is 29.1 Å². The zero-order valence-corrected chi connectivity index (χ0v) is 12.2. The molecular weight excluding hydrogens is 304 g/mol. The number of ether oxygens (including phenoxy) is 2. The summed E-state index contributed by atoms with van der Waals surface area (Å²) in [4.78, 5) is 31.5. The van der Waals surface area contributed by atoms with E-state index in [1.54, 1.807) is 6.92 Å². The summed E-state index contributed by atoms with van der Waals surface area (Å²) in [7, 11) is 1.24. The van der Waals surface area contributed by atoms with Crippen LogP contribution < -0.4 is 4.90 Å². The molecule has 0 aromatic carbocycles. The Hall–Kier alpha value is -2.00. The lowest BCUT2D eigenvalue weighted by Crippen LogP contribution is -2.61. The molecule has 0 spiro atoms. The summed E-state index contributed by atoms with van der Waals surface area (Å²) >= 11 is 5.73. The minimum Gasteiger partial charge on any atom is -0.467 e. The number of halogens is 1. The lowest BCUT2D eigenvalue weighted by atomic mass is 9.99. The van der Waals surface area contributed by atoms with Gasteiger partial charge in [-0.05, 0) is 18.5 Å². The Morgan fingerprint density at radius 2 is 2.38 bits per heavy atom. The predicted molar refractivity (Wildman–Crippen MR) is 72.3 cm³/mol. The van der Waals surface area contributed by atoms with Crippen molar-refractivity contribution in [1.82, 2.24) is 9.97 Å². The number of nitrogens with zero attached hydrogens (tertiary/aromatic N) is 4. The van der Waals surface area contributed by atoms with Gasteiger partial charge >= 0.3 is 11.7 Å². The van der Waals surface area contributed by atoms with Crippen molar-refractivity contribution in [3.63, 3.8) is 0 Å². The van der Waals surface area contributed by atoms with Crippen molar-refractivity contribution < 1.29 is 19.2 Å². The zero-order chi connectivity index (χ0) is 15.6. The normalized spacial score (nSPS) is 22.0. The minimum absolute atomic E-state index is 0.0262. The summed E-state index contributed by atoms with van der Waals surface area (Å²) in [6.45, 7) is 2.13. The molecular formula is C11H13ClN4O5. The fraction of sp³-hybridized carbons (Fsp3) is 0.545. The first-order valence-corrected chi connectivity index (χ1v) is 6.38. The average molecular weight is 317 g/mol. The van der Waals surface area contributed by atoms with Gasteiger partial charge in [-0.3, -0.25) is 10.1 Å². The van der Waals surface area contributed by atoms with E-state index in [2.05, 4.69) is 9.97 Å². The van der Waals surface area contributed by atoms with Gasteiger partial charge in [-0.1, -0.05) is 0 Å². The van der Waals surface area contributed by atoms with Crippen LogP contribution in [-0.4, -0.2) is 53.3 Å². The number of nitro groups is 1. The fourth-order valence-corrected chi connectivity index (χ4v) is 2.28. The molecule has 0 amide bonds. The number of hydrogen-bond acceptors (Lipinski definition) is 8. The molecule has 0 saturated carbocycles. The Morgan fingerprint density at radius 1 is 1.67 bits per heavy atom. The molecule has 0 N–H and O–H groups in total. The lowest BCUT2D eigenvalue weighted by Gasteiger charge is -2.42. The van der Waals surface area contributed by atoms with Gasteiger partial charge in [-0.25, -0.2) is 9.78 Å². The van der Waals surface area contributed by atoms with Crippen LogP contribution in [0.2, 0.25) is 5.28 Å². The Bertz CT molecular complexity index is 584. The Morgan fingerprint density at radius 3 is 3.00 bits per heavy atom. The number of aromatic nitrogens is 2. The van der Waals surface area contributed by atoms with E-state index in [1.807, 2.05) is 0 Å². The molecule has 10 heteroatoms. The highest BCUT2D eigenvalue weighted by molar-refractivity contribution is 6.28. The smallest absolute Gasteiger partial charge is 0.333 e. The molecule has 9 nitrogen and oxygen atoms in total. The number of esters is 1. The third kappa shape index (κ3) is 2.74. The monoisotopic (exact) mass is 316 g/mol. The molecule has 0 bridgehead atoms. The molecule has 2 heterocycles. The number of methoxy groups -OCH3 is 1. The second kappa shape index (κ2) is 5.78. The van der Waals surface area contributed by atoms with Crippen LogP contribution in [-0.2, 0) is 14.3 Å². The van der Waals surface area contributed by atoms with Crippen LogP contribution in [0.5, 0.6) is 0 Å². The molecule has 1 saturated heterocycles. The molecule has 1 aliphatic heterocycles. The summed E-state index contributed by atoms with van der Waals surface area (Å²) in [5.41, 5.74) is -1.56. The Kier molecular flexibility index (Phi) is 4.24. The maximum Gasteiger partial charge on any atom is 0.333 e.